The van der Waals surface area contributed by atoms with Gasteiger partial charge in [0.25, 0.3) is 0 Å². The zero-order chi connectivity index (χ0) is 19.4. The van der Waals surface area contributed by atoms with Crippen LogP contribution in [0.5, 0.6) is 0 Å². The zero-order valence-electron chi connectivity index (χ0n) is 15.6. The van der Waals surface area contributed by atoms with Crippen LogP contribution in [0.1, 0.15) is 26.9 Å². The molecule has 0 saturated carbocycles. The number of aryl methyl sites for hydroxylation is 1. The number of thiophene rings is 1. The summed E-state index contributed by atoms with van der Waals surface area (Å²) in [5.41, 5.74) is 4.07. The number of aromatic nitrogens is 1. The second kappa shape index (κ2) is 8.98. The first-order valence-electron chi connectivity index (χ1n) is 8.75. The van der Waals surface area contributed by atoms with Gasteiger partial charge in [-0.25, -0.2) is 4.98 Å². The van der Waals surface area contributed by atoms with Crippen LogP contribution in [-0.4, -0.2) is 23.5 Å². The first-order chi connectivity index (χ1) is 13.0. The van der Waals surface area contributed by atoms with Crippen molar-refractivity contribution < 1.29 is 0 Å². The smallest absolute Gasteiger partial charge is 0.0934 e. The molecule has 0 bridgehead atoms. The molecule has 0 aliphatic carbocycles. The topological polar surface area (TPSA) is 16.1 Å². The van der Waals surface area contributed by atoms with Gasteiger partial charge in [-0.2, -0.15) is 0 Å². The molecular weight excluding hydrogens is 392 g/mol. The van der Waals surface area contributed by atoms with Gasteiger partial charge in [0.15, 0.2) is 0 Å². The molecule has 2 nitrogen and oxygen atoms in total. The summed E-state index contributed by atoms with van der Waals surface area (Å²) in [6, 6.07) is 10.9. The predicted molar refractivity (Wildman–Crippen MR) is 120 cm³/mol. The molecule has 0 spiro atoms. The molecule has 1 aliphatic rings. The lowest BCUT2D eigenvalue weighted by molar-refractivity contribution is 0.299. The Morgan fingerprint density at radius 1 is 1.19 bits per heavy atom. The molecule has 0 saturated heterocycles. The number of thiazole rings is 1. The summed E-state index contributed by atoms with van der Waals surface area (Å²) in [7, 11) is 2.18. The van der Waals surface area contributed by atoms with E-state index in [2.05, 4.69) is 67.3 Å². The van der Waals surface area contributed by atoms with Crippen molar-refractivity contribution in [1.82, 2.24) is 9.88 Å². The maximum Gasteiger partial charge on any atom is 0.0934 e. The largest absolute Gasteiger partial charge is 0.300 e. The summed E-state index contributed by atoms with van der Waals surface area (Å²) in [4.78, 5) is 9.45. The van der Waals surface area contributed by atoms with Gasteiger partial charge < -0.3 is 4.90 Å². The van der Waals surface area contributed by atoms with Crippen LogP contribution in [0.4, 0.5) is 0 Å². The minimum Gasteiger partial charge on any atom is -0.300 e. The lowest BCUT2D eigenvalue weighted by atomic mass is 9.85. The summed E-state index contributed by atoms with van der Waals surface area (Å²) in [5, 5.41) is 1.11. The molecule has 1 unspecified atom stereocenters. The van der Waals surface area contributed by atoms with Crippen molar-refractivity contribution in [2.45, 2.75) is 19.4 Å². The molecule has 1 aromatic carbocycles. The Labute approximate surface area is 174 Å². The number of likely N-dealkylation sites (N-methyl/N-ethyl adjacent to an activating group) is 1. The van der Waals surface area contributed by atoms with E-state index >= 15 is 0 Å². The van der Waals surface area contributed by atoms with Crippen molar-refractivity contribution in [2.75, 3.05) is 13.6 Å². The molecule has 2 aromatic heterocycles. The molecule has 27 heavy (non-hydrogen) atoms. The first kappa shape index (κ1) is 20.0. The van der Waals surface area contributed by atoms with E-state index in [1.165, 1.54) is 26.4 Å². The first-order valence-corrected chi connectivity index (χ1v) is 10.8. The number of hydrogen-bond acceptors (Lipinski definition) is 4. The van der Waals surface area contributed by atoms with Crippen LogP contribution in [0.3, 0.4) is 0 Å². The maximum absolute atomic E-state index is 6.30. The molecule has 5 heteroatoms. The molecule has 3 heterocycles. The summed E-state index contributed by atoms with van der Waals surface area (Å²) < 4.78 is 0.890. The Bertz CT molecular complexity index is 935. The van der Waals surface area contributed by atoms with E-state index in [-0.39, 0.29) is 0 Å². The second-order valence-corrected chi connectivity index (χ2v) is 9.48. The molecule has 0 amide bonds. The van der Waals surface area contributed by atoms with E-state index < -0.39 is 0 Å². The number of nitrogens with zero attached hydrogens (tertiary/aromatic N) is 2. The Hall–Kier alpha value is -1.72. The summed E-state index contributed by atoms with van der Waals surface area (Å²) in [5.74, 6) is 0.367. The fraction of sp³-hybridized carbons (Fsp3) is 0.227. The second-order valence-electron chi connectivity index (χ2n) is 6.48. The predicted octanol–water partition coefficient (Wildman–Crippen LogP) is 6.77. The van der Waals surface area contributed by atoms with Crippen molar-refractivity contribution in [3.05, 3.63) is 87.2 Å². The number of fused-ring (bicyclic) bond motifs is 1. The van der Waals surface area contributed by atoms with Crippen LogP contribution < -0.4 is 0 Å². The Kier molecular flexibility index (Phi) is 6.66. The van der Waals surface area contributed by atoms with Gasteiger partial charge in [0, 0.05) is 30.1 Å². The molecule has 0 radical (unpaired) electrons. The third-order valence-electron chi connectivity index (χ3n) is 4.48. The fourth-order valence-corrected chi connectivity index (χ4v) is 5.57. The Balaban J connectivity index is 0.000000481. The van der Waals surface area contributed by atoms with Gasteiger partial charge >= 0.3 is 0 Å². The van der Waals surface area contributed by atoms with Crippen LogP contribution in [0, 0.1) is 6.92 Å². The van der Waals surface area contributed by atoms with Crippen molar-refractivity contribution in [3.8, 4) is 10.4 Å². The number of halogens is 1. The summed E-state index contributed by atoms with van der Waals surface area (Å²) in [6.45, 7) is 10.8. The molecule has 0 N–H and O–H groups in total. The van der Waals surface area contributed by atoms with E-state index in [1.54, 1.807) is 34.8 Å². The number of rotatable bonds is 3. The van der Waals surface area contributed by atoms with E-state index in [0.717, 1.165) is 22.4 Å². The van der Waals surface area contributed by atoms with Crippen LogP contribution in [0.25, 0.3) is 10.4 Å². The summed E-state index contributed by atoms with van der Waals surface area (Å²) >= 11 is 9.77. The molecular formula is C22H23ClN2S2. The standard InChI is InChI=1S/C18H17ClN2S2.C4H6/c1-11-20-8-16(22-11)13-6-4-3-5-12(13)15-9-21(2)10-17-14(15)7-18(19)23-17;1-3-4-2/h3-8,15H,9-10H2,1-2H3;3-4H,1-2H2. The van der Waals surface area contributed by atoms with Gasteiger partial charge in [0.1, 0.15) is 0 Å². The minimum absolute atomic E-state index is 0.367. The van der Waals surface area contributed by atoms with Gasteiger partial charge in [0.05, 0.1) is 14.2 Å². The van der Waals surface area contributed by atoms with Crippen LogP contribution >= 0.6 is 34.3 Å². The van der Waals surface area contributed by atoms with Crippen molar-refractivity contribution in [2.24, 2.45) is 0 Å². The van der Waals surface area contributed by atoms with Crippen molar-refractivity contribution in [1.29, 1.82) is 0 Å². The quantitative estimate of drug-likeness (QED) is 0.439. The van der Waals surface area contributed by atoms with Gasteiger partial charge in [0.2, 0.25) is 0 Å². The normalized spacial score (nSPS) is 16.2. The molecule has 4 rings (SSSR count). The van der Waals surface area contributed by atoms with Gasteiger partial charge in [-0.15, -0.1) is 22.7 Å². The minimum atomic E-state index is 0.367. The fourth-order valence-electron chi connectivity index (χ4n) is 3.32. The summed E-state index contributed by atoms with van der Waals surface area (Å²) in [6.07, 6.45) is 5.27. The molecule has 0 fully saturated rings. The van der Waals surface area contributed by atoms with Gasteiger partial charge in [-0.1, -0.05) is 61.2 Å². The van der Waals surface area contributed by atoms with E-state index in [0.29, 0.717) is 5.92 Å². The highest BCUT2D eigenvalue weighted by Crippen LogP contribution is 2.43. The van der Waals surface area contributed by atoms with E-state index in [9.17, 15) is 0 Å². The third-order valence-corrected chi connectivity index (χ3v) is 6.70. The van der Waals surface area contributed by atoms with Crippen molar-refractivity contribution in [3.63, 3.8) is 0 Å². The number of allylic oxidation sites excluding steroid dienone is 2. The van der Waals surface area contributed by atoms with Crippen LogP contribution in [0.15, 0.2) is 61.8 Å². The SMILES string of the molecule is C=CC=C.Cc1ncc(-c2ccccc2C2CN(C)Cc3sc(Cl)cc32)s1. The van der Waals surface area contributed by atoms with Gasteiger partial charge in [-0.3, -0.25) is 0 Å². The highest BCUT2D eigenvalue weighted by Gasteiger charge is 2.28. The van der Waals surface area contributed by atoms with E-state index in [1.807, 2.05) is 6.20 Å². The zero-order valence-corrected chi connectivity index (χ0v) is 18.0. The average Bonchev–Trinajstić information content (AvgIpc) is 3.26. The van der Waals surface area contributed by atoms with E-state index in [4.69, 9.17) is 11.6 Å². The molecule has 140 valence electrons. The molecule has 1 atom stereocenters. The Morgan fingerprint density at radius 3 is 2.59 bits per heavy atom. The molecule has 3 aromatic rings. The third kappa shape index (κ3) is 4.58. The average molecular weight is 415 g/mol. The lowest BCUT2D eigenvalue weighted by Gasteiger charge is -2.31. The Morgan fingerprint density at radius 2 is 1.93 bits per heavy atom. The maximum atomic E-state index is 6.30. The lowest BCUT2D eigenvalue weighted by Crippen LogP contribution is -2.30. The van der Waals surface area contributed by atoms with Crippen LogP contribution in [0.2, 0.25) is 4.34 Å². The highest BCUT2D eigenvalue weighted by atomic mass is 35.5. The van der Waals surface area contributed by atoms with Crippen molar-refractivity contribution >= 4 is 34.3 Å². The number of hydrogen-bond donors (Lipinski definition) is 0. The number of benzene rings is 1. The molecule has 1 aliphatic heterocycles. The monoisotopic (exact) mass is 414 g/mol. The highest BCUT2D eigenvalue weighted by molar-refractivity contribution is 7.16. The van der Waals surface area contributed by atoms with Crippen LogP contribution in [-0.2, 0) is 6.54 Å². The van der Waals surface area contributed by atoms with Gasteiger partial charge in [-0.05, 0) is 36.7 Å².